The number of benzene rings is 3. The zero-order valence-electron chi connectivity index (χ0n) is 23.2. The lowest BCUT2D eigenvalue weighted by atomic mass is 9.95. The zero-order valence-corrected chi connectivity index (χ0v) is 24.8. The van der Waals surface area contributed by atoms with E-state index in [9.17, 15) is 43.0 Å². The molecular weight excluding hydrogens is 657 g/mol. The van der Waals surface area contributed by atoms with Gasteiger partial charge in [0.1, 0.15) is 5.75 Å². The number of rotatable bonds is 8. The Balaban J connectivity index is 1.64. The quantitative estimate of drug-likeness (QED) is 0.133. The number of carbonyl (C=O) groups is 1. The summed E-state index contributed by atoms with van der Waals surface area (Å²) in [4.78, 5) is 51.0. The molecule has 0 saturated carbocycles. The molecular formula is C29H18ClF3N4O8S. The van der Waals surface area contributed by atoms with Gasteiger partial charge in [0.25, 0.3) is 11.2 Å². The van der Waals surface area contributed by atoms with Gasteiger partial charge in [0.05, 0.1) is 38.7 Å². The number of allylic oxidation sites excluding steroid dienone is 1. The molecule has 1 atom stereocenters. The molecule has 1 aromatic heterocycles. The average molecular weight is 675 g/mol. The van der Waals surface area contributed by atoms with Gasteiger partial charge in [-0.1, -0.05) is 47.2 Å². The van der Waals surface area contributed by atoms with Gasteiger partial charge in [-0.05, 0) is 54.5 Å². The van der Waals surface area contributed by atoms with Crippen LogP contribution in [0, 0.1) is 20.2 Å². The zero-order chi connectivity index (χ0) is 33.3. The Bertz CT molecular complexity index is 2110. The number of ether oxygens (including phenoxy) is 2. The van der Waals surface area contributed by atoms with Crippen LogP contribution in [0.2, 0.25) is 5.02 Å². The summed E-state index contributed by atoms with van der Waals surface area (Å²) in [6.45, 7) is 1.20. The Labute approximate surface area is 264 Å². The number of carbonyl (C=O) groups excluding carboxylic acids is 1. The van der Waals surface area contributed by atoms with Crippen molar-refractivity contribution in [2.45, 2.75) is 19.1 Å². The molecule has 1 aliphatic heterocycles. The van der Waals surface area contributed by atoms with Crippen molar-refractivity contribution in [3.8, 4) is 11.5 Å². The minimum Gasteiger partial charge on any atom is -0.463 e. The first-order valence-electron chi connectivity index (χ1n) is 13.0. The lowest BCUT2D eigenvalue weighted by Gasteiger charge is -2.26. The van der Waals surface area contributed by atoms with Gasteiger partial charge in [0.15, 0.2) is 10.5 Å². The number of nitro benzene ring substituents is 2. The number of hydrogen-bond donors (Lipinski definition) is 0. The summed E-state index contributed by atoms with van der Waals surface area (Å²) < 4.78 is 54.4. The minimum atomic E-state index is -5.08. The molecule has 0 bridgehead atoms. The standard InChI is InChI=1S/C29H18ClF3N4O8S/c1-2-44-27(39)23-24(16-6-8-17(30)9-7-16)35-26(38)22(46-28(35)34-25(23)29(31,32)33)13-15-4-3-5-19(12-15)45-21-11-10-18(36(40)41)14-20(21)37(42)43/h3-14,24H,2H2,1H3/b22-13+/t24-/m0/s1. The molecule has 0 radical (unpaired) electrons. The summed E-state index contributed by atoms with van der Waals surface area (Å²) in [6.07, 6.45) is -3.73. The minimum absolute atomic E-state index is 0.0530. The second kappa shape index (κ2) is 12.6. The second-order valence-electron chi connectivity index (χ2n) is 9.46. The highest BCUT2D eigenvalue weighted by molar-refractivity contribution is 7.07. The molecule has 0 saturated heterocycles. The Morgan fingerprint density at radius 2 is 1.80 bits per heavy atom. The Morgan fingerprint density at radius 1 is 1.09 bits per heavy atom. The van der Waals surface area contributed by atoms with Crippen LogP contribution in [0.4, 0.5) is 24.5 Å². The lowest BCUT2D eigenvalue weighted by molar-refractivity contribution is -0.394. The fourth-order valence-electron chi connectivity index (χ4n) is 4.60. The number of nitro groups is 2. The maximum absolute atomic E-state index is 14.3. The largest absolute Gasteiger partial charge is 0.463 e. The molecule has 5 rings (SSSR count). The van der Waals surface area contributed by atoms with Gasteiger partial charge in [-0.2, -0.15) is 13.2 Å². The average Bonchev–Trinajstić information content (AvgIpc) is 3.30. The fraction of sp³-hybridized carbons (Fsp3) is 0.138. The molecule has 0 fully saturated rings. The maximum Gasteiger partial charge on any atom is 0.434 e. The monoisotopic (exact) mass is 674 g/mol. The number of thiazole rings is 1. The van der Waals surface area contributed by atoms with Crippen molar-refractivity contribution in [3.05, 3.63) is 134 Å². The van der Waals surface area contributed by atoms with Gasteiger partial charge in [-0.3, -0.25) is 29.6 Å². The van der Waals surface area contributed by atoms with Crippen LogP contribution in [0.1, 0.15) is 24.1 Å². The number of nitrogens with zero attached hydrogens (tertiary/aromatic N) is 4. The molecule has 0 unspecified atom stereocenters. The number of aromatic nitrogens is 1. The van der Waals surface area contributed by atoms with Crippen molar-refractivity contribution in [2.24, 2.45) is 4.99 Å². The molecule has 12 nitrogen and oxygen atoms in total. The van der Waals surface area contributed by atoms with E-state index in [-0.39, 0.29) is 38.0 Å². The summed E-state index contributed by atoms with van der Waals surface area (Å²) in [5.74, 6) is -1.53. The first-order valence-corrected chi connectivity index (χ1v) is 14.2. The SMILES string of the molecule is CCOC(=O)C1=C(C(F)(F)F)N=c2s/c(=C/c3cccc(Oc4ccc([N+](=O)[O-])cc4[N+](=O)[O-])c3)c(=O)n2[C@H]1c1ccc(Cl)cc1. The van der Waals surface area contributed by atoms with E-state index in [0.29, 0.717) is 16.9 Å². The fourth-order valence-corrected chi connectivity index (χ4v) is 5.72. The molecule has 0 spiro atoms. The van der Waals surface area contributed by atoms with E-state index in [1.165, 1.54) is 61.5 Å². The van der Waals surface area contributed by atoms with Crippen LogP contribution in [-0.2, 0) is 9.53 Å². The van der Waals surface area contributed by atoms with E-state index in [1.807, 2.05) is 0 Å². The van der Waals surface area contributed by atoms with Crippen molar-refractivity contribution in [2.75, 3.05) is 6.61 Å². The normalized spacial score (nSPS) is 14.8. The molecule has 0 N–H and O–H groups in total. The van der Waals surface area contributed by atoms with Gasteiger partial charge in [-0.25, -0.2) is 9.79 Å². The van der Waals surface area contributed by atoms with Crippen molar-refractivity contribution >= 4 is 46.4 Å². The van der Waals surface area contributed by atoms with Crippen LogP contribution in [0.15, 0.2) is 87.8 Å². The molecule has 1 aliphatic rings. The van der Waals surface area contributed by atoms with Crippen LogP contribution in [0.25, 0.3) is 6.08 Å². The number of non-ortho nitro benzene ring substituents is 1. The second-order valence-corrected chi connectivity index (χ2v) is 10.9. The van der Waals surface area contributed by atoms with Crippen molar-refractivity contribution in [3.63, 3.8) is 0 Å². The van der Waals surface area contributed by atoms with Crippen LogP contribution < -0.4 is 19.6 Å². The topological polar surface area (TPSA) is 156 Å². The summed E-state index contributed by atoms with van der Waals surface area (Å²) in [5.41, 5.74) is -3.83. The van der Waals surface area contributed by atoms with Gasteiger partial charge in [0, 0.05) is 11.1 Å². The third-order valence-electron chi connectivity index (χ3n) is 6.51. The molecule has 236 valence electrons. The molecule has 2 heterocycles. The molecule has 0 aliphatic carbocycles. The van der Waals surface area contributed by atoms with Crippen molar-refractivity contribution < 1.29 is 37.3 Å². The van der Waals surface area contributed by atoms with E-state index >= 15 is 0 Å². The van der Waals surface area contributed by atoms with Crippen LogP contribution in [0.3, 0.4) is 0 Å². The number of hydrogen-bond acceptors (Lipinski definition) is 10. The highest BCUT2D eigenvalue weighted by atomic mass is 35.5. The maximum atomic E-state index is 14.3. The number of halogens is 4. The van der Waals surface area contributed by atoms with E-state index < -0.39 is 56.2 Å². The summed E-state index contributed by atoms with van der Waals surface area (Å²) in [5, 5.41) is 22.8. The third-order valence-corrected chi connectivity index (χ3v) is 7.75. The smallest absolute Gasteiger partial charge is 0.434 e. The molecule has 46 heavy (non-hydrogen) atoms. The van der Waals surface area contributed by atoms with Gasteiger partial charge in [-0.15, -0.1) is 0 Å². The highest BCUT2D eigenvalue weighted by Gasteiger charge is 2.45. The van der Waals surface area contributed by atoms with Crippen LogP contribution >= 0.6 is 22.9 Å². The van der Waals surface area contributed by atoms with E-state index in [2.05, 4.69) is 4.99 Å². The Morgan fingerprint density at radius 3 is 2.43 bits per heavy atom. The number of alkyl halides is 3. The predicted octanol–water partition coefficient (Wildman–Crippen LogP) is 5.60. The van der Waals surface area contributed by atoms with E-state index in [1.54, 1.807) is 0 Å². The lowest BCUT2D eigenvalue weighted by Crippen LogP contribution is -2.41. The summed E-state index contributed by atoms with van der Waals surface area (Å²) in [6, 6.07) is 12.7. The third kappa shape index (κ3) is 6.38. The van der Waals surface area contributed by atoms with Crippen LogP contribution in [-0.4, -0.2) is 33.2 Å². The molecule has 0 amide bonds. The van der Waals surface area contributed by atoms with Gasteiger partial charge >= 0.3 is 17.8 Å². The number of fused-ring (bicyclic) bond motifs is 1. The Hall–Kier alpha value is -5.35. The van der Waals surface area contributed by atoms with E-state index in [4.69, 9.17) is 21.1 Å². The highest BCUT2D eigenvalue weighted by Crippen LogP contribution is 2.39. The first-order chi connectivity index (χ1) is 21.8. The summed E-state index contributed by atoms with van der Waals surface area (Å²) >= 11 is 6.64. The molecule has 17 heteroatoms. The first kappa shape index (κ1) is 32.1. The Kier molecular flexibility index (Phi) is 8.76. The molecule has 3 aromatic carbocycles. The number of esters is 1. The predicted molar refractivity (Wildman–Crippen MR) is 158 cm³/mol. The molecule has 4 aromatic rings. The van der Waals surface area contributed by atoms with Crippen LogP contribution in [0.5, 0.6) is 11.5 Å². The van der Waals surface area contributed by atoms with Crippen molar-refractivity contribution in [1.82, 2.24) is 4.57 Å². The van der Waals surface area contributed by atoms with Gasteiger partial charge < -0.3 is 9.47 Å². The van der Waals surface area contributed by atoms with Gasteiger partial charge in [0.2, 0.25) is 5.75 Å². The van der Waals surface area contributed by atoms with Crippen molar-refractivity contribution in [1.29, 1.82) is 0 Å². The van der Waals surface area contributed by atoms with E-state index in [0.717, 1.165) is 22.8 Å². The summed E-state index contributed by atoms with van der Waals surface area (Å²) in [7, 11) is 0.